The zero-order valence-corrected chi connectivity index (χ0v) is 38.2. The Morgan fingerprint density at radius 1 is 0.769 bits per heavy atom. The highest BCUT2D eigenvalue weighted by Gasteiger charge is 2.39. The van der Waals surface area contributed by atoms with Crippen LogP contribution in [0.4, 0.5) is 0 Å². The smallest absolute Gasteiger partial charge is 0.245 e. The number of rotatable bonds is 28. The first-order chi connectivity index (χ1) is 30.7. The molecule has 1 fully saturated rings. The van der Waals surface area contributed by atoms with E-state index in [1.165, 1.54) is 24.1 Å². The van der Waals surface area contributed by atoms with E-state index in [1.807, 2.05) is 13.8 Å². The van der Waals surface area contributed by atoms with Gasteiger partial charge in [-0.25, -0.2) is 0 Å². The Morgan fingerprint density at radius 2 is 1.34 bits per heavy atom. The van der Waals surface area contributed by atoms with Crippen LogP contribution in [-0.2, 0) is 40.0 Å². The van der Waals surface area contributed by atoms with Gasteiger partial charge in [-0.2, -0.15) is 0 Å². The summed E-state index contributed by atoms with van der Waals surface area (Å²) < 4.78 is 0. The van der Waals surface area contributed by atoms with Gasteiger partial charge in [0.1, 0.15) is 42.0 Å². The van der Waals surface area contributed by atoms with Crippen molar-refractivity contribution in [2.24, 2.45) is 56.0 Å². The van der Waals surface area contributed by atoms with Crippen molar-refractivity contribution in [3.8, 4) is 5.75 Å². The first-order valence-electron chi connectivity index (χ1n) is 22.1. The van der Waals surface area contributed by atoms with E-state index in [9.17, 15) is 38.7 Å². The number of nitrogens with zero attached hydrogens (tertiary/aromatic N) is 4. The van der Waals surface area contributed by atoms with E-state index >= 15 is 0 Å². The maximum Gasteiger partial charge on any atom is 0.245 e. The summed E-state index contributed by atoms with van der Waals surface area (Å²) in [6.45, 7) is 6.02. The number of phenolic OH excluding ortho intramolecular Hbond substituents is 1. The number of phenols is 1. The van der Waals surface area contributed by atoms with E-state index in [1.54, 1.807) is 19.1 Å². The summed E-state index contributed by atoms with van der Waals surface area (Å²) in [5.41, 5.74) is 40.0. The van der Waals surface area contributed by atoms with Gasteiger partial charge in [0, 0.05) is 39.6 Å². The molecule has 0 bridgehead atoms. The first kappa shape index (κ1) is 54.9. The summed E-state index contributed by atoms with van der Waals surface area (Å²) in [5, 5.41) is 20.6. The topological polar surface area (TPSA) is 401 Å². The van der Waals surface area contributed by atoms with Gasteiger partial charge in [0.05, 0.1) is 6.04 Å². The molecule has 0 radical (unpaired) electrons. The number of aliphatic imine (C=N–C) groups is 2. The van der Waals surface area contributed by atoms with E-state index in [4.69, 9.17) is 40.1 Å². The number of nitrogens with one attached hydrogen (secondary N) is 4. The summed E-state index contributed by atoms with van der Waals surface area (Å²) in [6, 6.07) is -1.89. The highest BCUT2D eigenvalue weighted by atomic mass is 16.3. The highest BCUT2D eigenvalue weighted by molar-refractivity contribution is 5.97. The predicted octanol–water partition coefficient (Wildman–Crippen LogP) is -3.19. The maximum absolute atomic E-state index is 14.4. The number of hydrogen-bond acceptors (Lipinski definition) is 12. The molecule has 1 aromatic rings. The molecular weight excluding hydrogens is 843 g/mol. The van der Waals surface area contributed by atoms with Gasteiger partial charge in [0.2, 0.25) is 41.4 Å². The minimum atomic E-state index is -1.32. The van der Waals surface area contributed by atoms with Crippen molar-refractivity contribution in [1.29, 1.82) is 0 Å². The summed E-state index contributed by atoms with van der Waals surface area (Å²) in [5.74, 6) is -4.72. The molecule has 0 unspecified atom stereocenters. The second-order valence-corrected chi connectivity index (χ2v) is 16.7. The first-order valence-corrected chi connectivity index (χ1v) is 22.1. The van der Waals surface area contributed by atoms with Crippen molar-refractivity contribution in [2.45, 2.75) is 134 Å². The fraction of sp³-hybridized carbons (Fsp3) is 0.643. The third-order valence-corrected chi connectivity index (χ3v) is 10.9. The number of guanidine groups is 2. The fourth-order valence-electron chi connectivity index (χ4n) is 7.24. The van der Waals surface area contributed by atoms with Crippen LogP contribution in [-0.4, -0.2) is 144 Å². The molecule has 2 rings (SSSR count). The predicted molar refractivity (Wildman–Crippen MR) is 246 cm³/mol. The molecule has 23 heteroatoms. The van der Waals surface area contributed by atoms with Crippen LogP contribution in [0.25, 0.3) is 0 Å². The van der Waals surface area contributed by atoms with E-state index < -0.39 is 83.6 Å². The quantitative estimate of drug-likeness (QED) is 0.0224. The highest BCUT2D eigenvalue weighted by Crippen LogP contribution is 2.21. The van der Waals surface area contributed by atoms with E-state index in [2.05, 4.69) is 31.3 Å². The zero-order chi connectivity index (χ0) is 48.8. The number of hydrogen-bond donors (Lipinski definition) is 12. The van der Waals surface area contributed by atoms with Crippen LogP contribution in [0.2, 0.25) is 0 Å². The fourth-order valence-corrected chi connectivity index (χ4v) is 7.24. The number of primary amides is 1. The molecule has 7 amide bonds. The monoisotopic (exact) mass is 916 g/mol. The third kappa shape index (κ3) is 18.8. The van der Waals surface area contributed by atoms with Crippen LogP contribution in [0.3, 0.4) is 0 Å². The Labute approximate surface area is 380 Å². The molecular formula is C42H73N15O8. The zero-order valence-electron chi connectivity index (χ0n) is 38.2. The molecule has 7 atom stereocenters. The molecule has 1 heterocycles. The number of carbonyl (C=O) groups excluding carboxylic acids is 7. The van der Waals surface area contributed by atoms with Crippen molar-refractivity contribution in [3.05, 3.63) is 29.8 Å². The van der Waals surface area contributed by atoms with Gasteiger partial charge in [-0.3, -0.25) is 43.5 Å². The maximum atomic E-state index is 14.4. The molecule has 0 aromatic heterocycles. The van der Waals surface area contributed by atoms with Gasteiger partial charge in [0.15, 0.2) is 11.9 Å². The summed E-state index contributed by atoms with van der Waals surface area (Å²) in [6.07, 6.45) is 3.17. The Kier molecular flexibility index (Phi) is 23.5. The standard InChI is InChI=1S/C42H73N15O8/c1-5-9-30(54-35(60)29(11-7-20-51-42(48)49)53-37(62)32-12-8-21-57(32)39(64)27(44)10-6-19-50-41(46)47)40(65)56(4)33(22-25-14-16-26(58)17-15-25)38(63)55-31(23-43)36(61)52-28(34(45)59)18-13-24(2)3/h14-17,24,27-33,58H,5-13,18-23,43-44H2,1-4H3,(H2,45,59)(H,52,61)(H,53,62)(H,54,60)(H,55,63)(H4,46,47,50)(H4,48,49,51)/t27-,28-,29-,30-,31-,32-,33-/m0/s1. The van der Waals surface area contributed by atoms with Gasteiger partial charge in [0.25, 0.3) is 0 Å². The average Bonchev–Trinajstić information content (AvgIpc) is 3.75. The molecule has 19 N–H and O–H groups in total. The SMILES string of the molecule is CCC[C@H](NC(=O)[C@H](CCCN=C(N)N)NC(=O)[C@@H]1CCCN1C(=O)[C@@H](N)CCCN=C(N)N)C(=O)N(C)[C@@H](Cc1ccc(O)cc1)C(=O)N[C@@H](CN)C(=O)N[C@@H](CCC(C)C)C(N)=O. The number of carbonyl (C=O) groups is 7. The summed E-state index contributed by atoms with van der Waals surface area (Å²) >= 11 is 0. The lowest BCUT2D eigenvalue weighted by molar-refractivity contribution is -0.143. The number of likely N-dealkylation sites (N-methyl/N-ethyl adjacent to an activating group) is 1. The molecule has 65 heavy (non-hydrogen) atoms. The van der Waals surface area contributed by atoms with Crippen LogP contribution in [0.5, 0.6) is 5.75 Å². The number of amides is 7. The van der Waals surface area contributed by atoms with Crippen LogP contribution >= 0.6 is 0 Å². The molecule has 0 aliphatic carbocycles. The second kappa shape index (κ2) is 27.8. The van der Waals surface area contributed by atoms with E-state index in [0.717, 1.165) is 4.90 Å². The van der Waals surface area contributed by atoms with Gasteiger partial charge in [-0.05, 0) is 81.4 Å². The normalized spacial score (nSPS) is 16.2. The third-order valence-electron chi connectivity index (χ3n) is 10.9. The number of likely N-dealkylation sites (tertiary alicyclic amines) is 1. The lowest BCUT2D eigenvalue weighted by atomic mass is 10.0. The average molecular weight is 916 g/mol. The minimum Gasteiger partial charge on any atom is -0.508 e. The van der Waals surface area contributed by atoms with Crippen LogP contribution in [0.15, 0.2) is 34.3 Å². The lowest BCUT2D eigenvalue weighted by Gasteiger charge is -2.33. The van der Waals surface area contributed by atoms with Crippen LogP contribution in [0.1, 0.15) is 90.5 Å². The van der Waals surface area contributed by atoms with Crippen molar-refractivity contribution in [2.75, 3.05) is 33.2 Å². The number of benzene rings is 1. The van der Waals surface area contributed by atoms with Gasteiger partial charge >= 0.3 is 0 Å². The lowest BCUT2D eigenvalue weighted by Crippen LogP contribution is -2.61. The number of nitrogens with two attached hydrogens (primary N) is 7. The minimum absolute atomic E-state index is 0.0296. The molecule has 0 spiro atoms. The molecule has 1 aromatic carbocycles. The Bertz CT molecular complexity index is 1800. The molecule has 1 saturated heterocycles. The van der Waals surface area contributed by atoms with E-state index in [-0.39, 0.29) is 88.3 Å². The number of aromatic hydroxyl groups is 1. The molecule has 23 nitrogen and oxygen atoms in total. The van der Waals surface area contributed by atoms with Crippen molar-refractivity contribution < 1.29 is 38.7 Å². The van der Waals surface area contributed by atoms with Crippen LogP contribution < -0.4 is 61.4 Å². The van der Waals surface area contributed by atoms with Crippen LogP contribution in [0, 0.1) is 5.92 Å². The summed E-state index contributed by atoms with van der Waals surface area (Å²) in [4.78, 5) is 106. The molecule has 1 aliphatic heterocycles. The molecule has 1 aliphatic rings. The van der Waals surface area contributed by atoms with Crippen molar-refractivity contribution in [1.82, 2.24) is 31.1 Å². The largest absolute Gasteiger partial charge is 0.508 e. The van der Waals surface area contributed by atoms with Gasteiger partial charge in [-0.15, -0.1) is 0 Å². The van der Waals surface area contributed by atoms with Gasteiger partial charge in [-0.1, -0.05) is 39.3 Å². The van der Waals surface area contributed by atoms with Gasteiger partial charge < -0.3 is 76.3 Å². The summed E-state index contributed by atoms with van der Waals surface area (Å²) in [7, 11) is 1.38. The van der Waals surface area contributed by atoms with E-state index in [0.29, 0.717) is 37.7 Å². The second-order valence-electron chi connectivity index (χ2n) is 16.7. The van der Waals surface area contributed by atoms with Crippen molar-refractivity contribution in [3.63, 3.8) is 0 Å². The Hall–Kier alpha value is -6.23. The Morgan fingerprint density at radius 3 is 1.89 bits per heavy atom. The molecule has 0 saturated carbocycles. The van der Waals surface area contributed by atoms with Crippen molar-refractivity contribution >= 4 is 53.3 Å². The molecule has 364 valence electrons. The Balaban J connectivity index is 2.38.